The van der Waals surface area contributed by atoms with E-state index in [0.29, 0.717) is 29.5 Å². The number of rotatable bonds is 6. The number of carbonyl (C=O) groups excluding carboxylic acids is 1. The Balaban J connectivity index is 2.75. The molecule has 0 radical (unpaired) electrons. The summed E-state index contributed by atoms with van der Waals surface area (Å²) in [7, 11) is 4.71. The average molecular weight is 273 g/mol. The molecule has 6 heteroatoms. The number of benzene rings is 1. The second-order valence-corrected chi connectivity index (χ2v) is 3.94. The first-order valence-electron chi connectivity index (χ1n) is 5.48. The molecule has 0 atom stereocenters. The topological polar surface area (TPSA) is 59.6 Å². The summed E-state index contributed by atoms with van der Waals surface area (Å²) in [5.41, 5.74) is 0.729. The molecular weight excluding hydrogens is 256 g/mol. The molecule has 0 aliphatic rings. The van der Waals surface area contributed by atoms with Crippen molar-refractivity contribution in [3.8, 4) is 11.5 Å². The van der Waals surface area contributed by atoms with E-state index in [0.717, 1.165) is 5.69 Å². The summed E-state index contributed by atoms with van der Waals surface area (Å²) in [6, 6.07) is 3.41. The first kappa shape index (κ1) is 14.4. The van der Waals surface area contributed by atoms with Crippen molar-refractivity contribution in [2.45, 2.75) is 6.42 Å². The van der Waals surface area contributed by atoms with E-state index in [1.807, 2.05) is 0 Å². The number of halogens is 1. The predicted octanol–water partition coefficient (Wildman–Crippen LogP) is 1.91. The molecule has 2 N–H and O–H groups in total. The Labute approximate surface area is 111 Å². The van der Waals surface area contributed by atoms with Crippen molar-refractivity contribution in [3.05, 3.63) is 17.2 Å². The fraction of sp³-hybridized carbons (Fsp3) is 0.417. The van der Waals surface area contributed by atoms with Crippen LogP contribution in [0.2, 0.25) is 5.02 Å². The Bertz CT molecular complexity index is 424. The molecule has 5 nitrogen and oxygen atoms in total. The highest BCUT2D eigenvalue weighted by Crippen LogP contribution is 2.35. The van der Waals surface area contributed by atoms with Crippen LogP contribution >= 0.6 is 11.6 Å². The van der Waals surface area contributed by atoms with Crippen LogP contribution in [0, 0.1) is 0 Å². The number of nitrogens with one attached hydrogen (secondary N) is 2. The molecular formula is C12H17ClN2O3. The van der Waals surface area contributed by atoms with Crippen LogP contribution in [0.25, 0.3) is 0 Å². The van der Waals surface area contributed by atoms with Crippen molar-refractivity contribution < 1.29 is 14.3 Å². The van der Waals surface area contributed by atoms with Crippen LogP contribution in [-0.2, 0) is 4.79 Å². The van der Waals surface area contributed by atoms with E-state index in [-0.39, 0.29) is 5.91 Å². The molecule has 0 saturated heterocycles. The van der Waals surface area contributed by atoms with Crippen molar-refractivity contribution in [1.82, 2.24) is 5.32 Å². The molecule has 0 aliphatic heterocycles. The second kappa shape index (κ2) is 6.96. The Morgan fingerprint density at radius 1 is 1.28 bits per heavy atom. The summed E-state index contributed by atoms with van der Waals surface area (Å²) >= 11 is 6.03. The minimum atomic E-state index is -0.0268. The Kier molecular flexibility index (Phi) is 5.58. The fourth-order valence-electron chi connectivity index (χ4n) is 1.43. The molecule has 0 saturated carbocycles. The van der Waals surface area contributed by atoms with E-state index >= 15 is 0 Å². The maximum absolute atomic E-state index is 11.1. The molecule has 100 valence electrons. The van der Waals surface area contributed by atoms with Gasteiger partial charge in [0.1, 0.15) is 11.5 Å². The van der Waals surface area contributed by atoms with Gasteiger partial charge < -0.3 is 20.1 Å². The molecule has 18 heavy (non-hydrogen) atoms. The lowest BCUT2D eigenvalue weighted by Crippen LogP contribution is -2.20. The Morgan fingerprint density at radius 2 is 1.94 bits per heavy atom. The van der Waals surface area contributed by atoms with Crippen LogP contribution in [0.5, 0.6) is 11.5 Å². The predicted molar refractivity (Wildman–Crippen MR) is 71.7 cm³/mol. The van der Waals surface area contributed by atoms with Crippen molar-refractivity contribution >= 4 is 23.2 Å². The standard InChI is InChI=1S/C12H17ClN2O3/c1-14-12(16)4-5-15-9-6-8(13)10(17-2)7-11(9)18-3/h6-7,15H,4-5H2,1-3H3,(H,14,16). The highest BCUT2D eigenvalue weighted by Gasteiger charge is 2.09. The van der Waals surface area contributed by atoms with Gasteiger partial charge in [0.15, 0.2) is 0 Å². The zero-order valence-electron chi connectivity index (χ0n) is 10.7. The van der Waals surface area contributed by atoms with Gasteiger partial charge in [-0.1, -0.05) is 11.6 Å². The molecule has 0 aromatic heterocycles. The molecule has 0 unspecified atom stereocenters. The molecule has 0 heterocycles. The number of methoxy groups -OCH3 is 2. The number of hydrogen-bond donors (Lipinski definition) is 2. The van der Waals surface area contributed by atoms with Gasteiger partial charge >= 0.3 is 0 Å². The monoisotopic (exact) mass is 272 g/mol. The zero-order chi connectivity index (χ0) is 13.5. The van der Waals surface area contributed by atoms with Gasteiger partial charge in [0.25, 0.3) is 0 Å². The van der Waals surface area contributed by atoms with E-state index in [9.17, 15) is 4.79 Å². The van der Waals surface area contributed by atoms with Crippen molar-refractivity contribution in [3.63, 3.8) is 0 Å². The summed E-state index contributed by atoms with van der Waals surface area (Å²) < 4.78 is 10.3. The van der Waals surface area contributed by atoms with Crippen LogP contribution < -0.4 is 20.1 Å². The summed E-state index contributed by atoms with van der Waals surface area (Å²) in [4.78, 5) is 11.1. The third-order valence-corrected chi connectivity index (χ3v) is 2.72. The maximum Gasteiger partial charge on any atom is 0.221 e. The van der Waals surface area contributed by atoms with Crippen LogP contribution in [0.15, 0.2) is 12.1 Å². The minimum Gasteiger partial charge on any atom is -0.495 e. The van der Waals surface area contributed by atoms with Gasteiger partial charge in [-0.2, -0.15) is 0 Å². The molecule has 0 bridgehead atoms. The fourth-order valence-corrected chi connectivity index (χ4v) is 1.67. The van der Waals surface area contributed by atoms with E-state index in [1.54, 1.807) is 33.4 Å². The van der Waals surface area contributed by atoms with E-state index in [4.69, 9.17) is 21.1 Å². The van der Waals surface area contributed by atoms with Crippen LogP contribution in [-0.4, -0.2) is 33.7 Å². The van der Waals surface area contributed by atoms with E-state index in [1.165, 1.54) is 0 Å². The van der Waals surface area contributed by atoms with Crippen molar-refractivity contribution in [2.75, 3.05) is 33.1 Å². The number of carbonyl (C=O) groups is 1. The highest BCUT2D eigenvalue weighted by molar-refractivity contribution is 6.32. The van der Waals surface area contributed by atoms with Crippen LogP contribution in [0.4, 0.5) is 5.69 Å². The van der Waals surface area contributed by atoms with Gasteiger partial charge in [-0.05, 0) is 6.07 Å². The first-order chi connectivity index (χ1) is 8.62. The lowest BCUT2D eigenvalue weighted by Gasteiger charge is -2.13. The maximum atomic E-state index is 11.1. The number of ether oxygens (including phenoxy) is 2. The molecule has 1 aromatic carbocycles. The molecule has 1 rings (SSSR count). The second-order valence-electron chi connectivity index (χ2n) is 3.54. The summed E-state index contributed by atoms with van der Waals surface area (Å²) in [6.45, 7) is 0.499. The smallest absolute Gasteiger partial charge is 0.221 e. The van der Waals surface area contributed by atoms with Gasteiger partial charge in [-0.3, -0.25) is 4.79 Å². The van der Waals surface area contributed by atoms with Gasteiger partial charge in [-0.15, -0.1) is 0 Å². The van der Waals surface area contributed by atoms with E-state index < -0.39 is 0 Å². The molecule has 0 spiro atoms. The molecule has 0 aliphatic carbocycles. The van der Waals surface area contributed by atoms with Crippen molar-refractivity contribution in [1.29, 1.82) is 0 Å². The highest BCUT2D eigenvalue weighted by atomic mass is 35.5. The van der Waals surface area contributed by atoms with Gasteiger partial charge in [0, 0.05) is 26.1 Å². The van der Waals surface area contributed by atoms with Crippen LogP contribution in [0.1, 0.15) is 6.42 Å². The van der Waals surface area contributed by atoms with Gasteiger partial charge in [-0.25, -0.2) is 0 Å². The number of hydrogen-bond acceptors (Lipinski definition) is 4. The number of amides is 1. The first-order valence-corrected chi connectivity index (χ1v) is 5.86. The summed E-state index contributed by atoms with van der Waals surface area (Å²) in [5, 5.41) is 6.14. The molecule has 1 aromatic rings. The minimum absolute atomic E-state index is 0.0268. The zero-order valence-corrected chi connectivity index (χ0v) is 11.4. The largest absolute Gasteiger partial charge is 0.495 e. The van der Waals surface area contributed by atoms with E-state index in [2.05, 4.69) is 10.6 Å². The molecule has 0 fully saturated rings. The molecule has 1 amide bonds. The Hall–Kier alpha value is -1.62. The SMILES string of the molecule is CNC(=O)CCNc1cc(Cl)c(OC)cc1OC. The summed E-state index contributed by atoms with van der Waals surface area (Å²) in [5.74, 6) is 1.14. The normalized spacial score (nSPS) is 9.78. The Morgan fingerprint density at radius 3 is 2.50 bits per heavy atom. The lowest BCUT2D eigenvalue weighted by molar-refractivity contribution is -0.120. The average Bonchev–Trinajstić information content (AvgIpc) is 2.38. The van der Waals surface area contributed by atoms with Gasteiger partial charge in [0.2, 0.25) is 5.91 Å². The van der Waals surface area contributed by atoms with Crippen LogP contribution in [0.3, 0.4) is 0 Å². The lowest BCUT2D eigenvalue weighted by atomic mass is 10.2. The quantitative estimate of drug-likeness (QED) is 0.830. The summed E-state index contributed by atoms with van der Waals surface area (Å²) in [6.07, 6.45) is 0.378. The third kappa shape index (κ3) is 3.70. The third-order valence-electron chi connectivity index (χ3n) is 2.42. The van der Waals surface area contributed by atoms with Gasteiger partial charge in [0.05, 0.1) is 24.9 Å². The van der Waals surface area contributed by atoms with Crippen molar-refractivity contribution in [2.24, 2.45) is 0 Å². The number of anilines is 1.